The number of hydrogen-bond donors (Lipinski definition) is 3. The fourth-order valence-corrected chi connectivity index (χ4v) is 1.59. The number of aromatic amines is 1. The number of carboxylic acid groups (broad SMARTS) is 1. The Bertz CT molecular complexity index is 502. The lowest BCUT2D eigenvalue weighted by Gasteiger charge is -2.25. The van der Waals surface area contributed by atoms with Crippen LogP contribution in [0.5, 0.6) is 0 Å². The van der Waals surface area contributed by atoms with E-state index in [4.69, 9.17) is 5.11 Å². The maximum atomic E-state index is 11.9. The van der Waals surface area contributed by atoms with Crippen LogP contribution in [-0.2, 0) is 4.79 Å². The number of aliphatic carboxylic acids is 1. The normalized spacial score (nSPS) is 11.1. The highest BCUT2D eigenvalue weighted by molar-refractivity contribution is 5.99. The van der Waals surface area contributed by atoms with Crippen LogP contribution in [0.25, 0.3) is 0 Å². The third kappa shape index (κ3) is 4.57. The van der Waals surface area contributed by atoms with Gasteiger partial charge >= 0.3 is 5.97 Å². The minimum Gasteiger partial charge on any atom is -0.481 e. The Hall–Kier alpha value is -2.11. The molecule has 0 bridgehead atoms. The van der Waals surface area contributed by atoms with E-state index in [2.05, 4.69) is 10.3 Å². The lowest BCUT2D eigenvalue weighted by Crippen LogP contribution is -2.43. The molecule has 6 nitrogen and oxygen atoms in total. The lowest BCUT2D eigenvalue weighted by molar-refractivity contribution is -0.137. The molecule has 0 aliphatic rings. The molecule has 3 N–H and O–H groups in total. The van der Waals surface area contributed by atoms with Crippen molar-refractivity contribution < 1.29 is 19.5 Å². The number of carbonyl (C=O) groups excluding carboxylic acids is 2. The van der Waals surface area contributed by atoms with Crippen LogP contribution >= 0.6 is 0 Å². The van der Waals surface area contributed by atoms with Gasteiger partial charge in [0.2, 0.25) is 0 Å². The summed E-state index contributed by atoms with van der Waals surface area (Å²) in [7, 11) is 0. The van der Waals surface area contributed by atoms with Gasteiger partial charge in [-0.3, -0.25) is 14.4 Å². The molecule has 0 aliphatic carbocycles. The zero-order chi connectivity index (χ0) is 14.6. The summed E-state index contributed by atoms with van der Waals surface area (Å²) in [6.07, 6.45) is 1.78. The van der Waals surface area contributed by atoms with E-state index in [-0.39, 0.29) is 23.8 Å². The Kier molecular flexibility index (Phi) is 4.47. The molecule has 1 rings (SSSR count). The number of carbonyl (C=O) groups is 3. The fraction of sp³-hybridized carbons (Fsp3) is 0.462. The first kappa shape index (κ1) is 14.9. The highest BCUT2D eigenvalue weighted by atomic mass is 16.4. The number of H-pyrrole nitrogens is 1. The van der Waals surface area contributed by atoms with Gasteiger partial charge in [0, 0.05) is 23.7 Å². The minimum atomic E-state index is -0.902. The number of Topliss-reactive ketones (excluding diaryl/α,β-unsaturated/α-hetero) is 1. The van der Waals surface area contributed by atoms with Crippen LogP contribution < -0.4 is 5.32 Å². The third-order valence-electron chi connectivity index (χ3n) is 2.75. The van der Waals surface area contributed by atoms with E-state index >= 15 is 0 Å². The van der Waals surface area contributed by atoms with Crippen molar-refractivity contribution in [2.24, 2.45) is 0 Å². The molecule has 6 heteroatoms. The Morgan fingerprint density at radius 2 is 2.00 bits per heavy atom. The molecular formula is C13H18N2O4. The first-order valence-corrected chi connectivity index (χ1v) is 5.95. The minimum absolute atomic E-state index is 0.0172. The second kappa shape index (κ2) is 5.69. The van der Waals surface area contributed by atoms with E-state index in [0.29, 0.717) is 12.0 Å². The van der Waals surface area contributed by atoms with Crippen LogP contribution in [-0.4, -0.2) is 33.3 Å². The Morgan fingerprint density at radius 3 is 2.47 bits per heavy atom. The van der Waals surface area contributed by atoms with E-state index in [1.165, 1.54) is 19.2 Å². The van der Waals surface area contributed by atoms with E-state index in [1.807, 2.05) is 0 Å². The van der Waals surface area contributed by atoms with Gasteiger partial charge in [-0.2, -0.15) is 0 Å². The number of carboxylic acids is 1. The van der Waals surface area contributed by atoms with Crippen LogP contribution in [0.3, 0.4) is 0 Å². The average Bonchev–Trinajstić information content (AvgIpc) is 2.75. The topological polar surface area (TPSA) is 99.3 Å². The van der Waals surface area contributed by atoms with Crippen molar-refractivity contribution in [3.8, 4) is 0 Å². The van der Waals surface area contributed by atoms with E-state index in [0.717, 1.165) is 0 Å². The molecule has 0 saturated heterocycles. The predicted octanol–water partition coefficient (Wildman–Crippen LogP) is 1.59. The number of hydrogen-bond acceptors (Lipinski definition) is 3. The van der Waals surface area contributed by atoms with Gasteiger partial charge in [0.05, 0.1) is 0 Å². The van der Waals surface area contributed by atoms with Gasteiger partial charge in [-0.15, -0.1) is 0 Å². The third-order valence-corrected chi connectivity index (χ3v) is 2.75. The van der Waals surface area contributed by atoms with E-state index < -0.39 is 11.5 Å². The number of amides is 1. The van der Waals surface area contributed by atoms with E-state index in [1.54, 1.807) is 13.8 Å². The molecule has 19 heavy (non-hydrogen) atoms. The maximum Gasteiger partial charge on any atom is 0.303 e. The smallest absolute Gasteiger partial charge is 0.303 e. The summed E-state index contributed by atoms with van der Waals surface area (Å²) in [6.45, 7) is 4.92. The molecule has 0 aromatic carbocycles. The zero-order valence-electron chi connectivity index (χ0n) is 11.2. The lowest BCUT2D eigenvalue weighted by atomic mass is 9.98. The van der Waals surface area contributed by atoms with Crippen molar-refractivity contribution in [1.29, 1.82) is 0 Å². The van der Waals surface area contributed by atoms with Crippen molar-refractivity contribution >= 4 is 17.7 Å². The first-order valence-electron chi connectivity index (χ1n) is 5.95. The molecule has 1 aromatic rings. The second-order valence-electron chi connectivity index (χ2n) is 5.09. The van der Waals surface area contributed by atoms with Crippen LogP contribution in [0.1, 0.15) is 54.5 Å². The molecule has 0 atom stereocenters. The van der Waals surface area contributed by atoms with Gasteiger partial charge in [0.15, 0.2) is 5.78 Å². The summed E-state index contributed by atoms with van der Waals surface area (Å²) in [5, 5.41) is 11.4. The van der Waals surface area contributed by atoms with Crippen molar-refractivity contribution in [2.75, 3.05) is 0 Å². The van der Waals surface area contributed by atoms with Gasteiger partial charge in [-0.25, -0.2) is 0 Å². The summed E-state index contributed by atoms with van der Waals surface area (Å²) in [4.78, 5) is 36.3. The van der Waals surface area contributed by atoms with Crippen molar-refractivity contribution in [3.63, 3.8) is 0 Å². The molecule has 0 saturated carbocycles. The molecule has 1 heterocycles. The Morgan fingerprint density at radius 1 is 1.37 bits per heavy atom. The van der Waals surface area contributed by atoms with Gasteiger partial charge in [0.1, 0.15) is 5.69 Å². The van der Waals surface area contributed by atoms with Crippen LogP contribution in [0, 0.1) is 0 Å². The van der Waals surface area contributed by atoms with E-state index in [9.17, 15) is 14.4 Å². The predicted molar refractivity (Wildman–Crippen MR) is 69.2 cm³/mol. The molecule has 104 valence electrons. The van der Waals surface area contributed by atoms with Crippen LogP contribution in [0.15, 0.2) is 12.3 Å². The zero-order valence-corrected chi connectivity index (χ0v) is 11.2. The fourth-order valence-electron chi connectivity index (χ4n) is 1.59. The first-order chi connectivity index (χ1) is 8.71. The van der Waals surface area contributed by atoms with Crippen molar-refractivity contribution in [3.05, 3.63) is 23.5 Å². The maximum absolute atomic E-state index is 11.9. The quantitative estimate of drug-likeness (QED) is 0.681. The Balaban J connectivity index is 2.67. The summed E-state index contributed by atoms with van der Waals surface area (Å²) >= 11 is 0. The van der Waals surface area contributed by atoms with Crippen molar-refractivity contribution in [2.45, 2.75) is 39.2 Å². The van der Waals surface area contributed by atoms with Crippen LogP contribution in [0.4, 0.5) is 0 Å². The standard InChI is InChI=1S/C13H18N2O4/c1-8(16)9-6-10(14-7-9)12(19)15-13(2,3)5-4-11(17)18/h6-7,14H,4-5H2,1-3H3,(H,15,19)(H,17,18). The molecular weight excluding hydrogens is 248 g/mol. The number of nitrogens with one attached hydrogen (secondary N) is 2. The van der Waals surface area contributed by atoms with Crippen LogP contribution in [0.2, 0.25) is 0 Å². The average molecular weight is 266 g/mol. The summed E-state index contributed by atoms with van der Waals surface area (Å²) in [5.41, 5.74) is 0.0962. The van der Waals surface area contributed by atoms with Crippen molar-refractivity contribution in [1.82, 2.24) is 10.3 Å². The molecule has 0 spiro atoms. The second-order valence-corrected chi connectivity index (χ2v) is 5.09. The number of ketones is 1. The SMILES string of the molecule is CC(=O)c1c[nH]c(C(=O)NC(C)(C)CCC(=O)O)c1. The molecule has 0 radical (unpaired) electrons. The summed E-state index contributed by atoms with van der Waals surface area (Å²) < 4.78 is 0. The molecule has 1 aromatic heterocycles. The Labute approximate surface area is 111 Å². The van der Waals surface area contributed by atoms with Gasteiger partial charge in [-0.05, 0) is 33.3 Å². The monoisotopic (exact) mass is 266 g/mol. The molecule has 0 fully saturated rings. The van der Waals surface area contributed by atoms with Gasteiger partial charge < -0.3 is 15.4 Å². The molecule has 1 amide bonds. The summed E-state index contributed by atoms with van der Waals surface area (Å²) in [6, 6.07) is 1.48. The molecule has 0 aliphatic heterocycles. The highest BCUT2D eigenvalue weighted by Crippen LogP contribution is 2.13. The number of aromatic nitrogens is 1. The highest BCUT2D eigenvalue weighted by Gasteiger charge is 2.23. The van der Waals surface area contributed by atoms with Gasteiger partial charge in [0.25, 0.3) is 5.91 Å². The molecule has 0 unspecified atom stereocenters. The largest absolute Gasteiger partial charge is 0.481 e. The van der Waals surface area contributed by atoms with Gasteiger partial charge in [-0.1, -0.05) is 0 Å². The summed E-state index contributed by atoms with van der Waals surface area (Å²) in [5.74, 6) is -1.38. The number of rotatable bonds is 6.